The first-order valence-corrected chi connectivity index (χ1v) is 3.75. The van der Waals surface area contributed by atoms with Crippen molar-refractivity contribution in [2.45, 2.75) is 6.18 Å². The van der Waals surface area contributed by atoms with Crippen LogP contribution in [0.5, 0.6) is 0 Å². The molecule has 0 bridgehead atoms. The van der Waals surface area contributed by atoms with Gasteiger partial charge in [-0.1, -0.05) is 12.7 Å². The SMILES string of the molecule is C=Cc1cc(C(F)(F)F)c(N)cc1N. The summed E-state index contributed by atoms with van der Waals surface area (Å²) in [5, 5.41) is 0. The highest BCUT2D eigenvalue weighted by molar-refractivity contribution is 5.70. The minimum Gasteiger partial charge on any atom is -0.398 e. The molecule has 0 aliphatic rings. The molecule has 0 aliphatic heterocycles. The second-order valence-electron chi connectivity index (χ2n) is 2.77. The summed E-state index contributed by atoms with van der Waals surface area (Å²) >= 11 is 0. The molecule has 1 rings (SSSR count). The van der Waals surface area contributed by atoms with Crippen LogP contribution in [-0.2, 0) is 6.18 Å². The molecule has 14 heavy (non-hydrogen) atoms. The van der Waals surface area contributed by atoms with Crippen molar-refractivity contribution < 1.29 is 13.2 Å². The van der Waals surface area contributed by atoms with E-state index in [9.17, 15) is 13.2 Å². The number of rotatable bonds is 1. The van der Waals surface area contributed by atoms with Gasteiger partial charge >= 0.3 is 6.18 Å². The quantitative estimate of drug-likeness (QED) is 0.687. The average molecular weight is 202 g/mol. The van der Waals surface area contributed by atoms with Gasteiger partial charge < -0.3 is 11.5 Å². The van der Waals surface area contributed by atoms with E-state index in [0.29, 0.717) is 0 Å². The van der Waals surface area contributed by atoms with E-state index in [1.807, 2.05) is 0 Å². The molecule has 4 N–H and O–H groups in total. The summed E-state index contributed by atoms with van der Waals surface area (Å²) in [6.07, 6.45) is -3.21. The van der Waals surface area contributed by atoms with Crippen molar-refractivity contribution >= 4 is 17.5 Å². The average Bonchev–Trinajstić information content (AvgIpc) is 2.02. The van der Waals surface area contributed by atoms with Gasteiger partial charge in [0.25, 0.3) is 0 Å². The summed E-state index contributed by atoms with van der Waals surface area (Å²) in [6, 6.07) is 1.97. The third-order valence-electron chi connectivity index (χ3n) is 1.78. The molecule has 76 valence electrons. The summed E-state index contributed by atoms with van der Waals surface area (Å²) in [6.45, 7) is 3.36. The molecule has 0 saturated carbocycles. The van der Waals surface area contributed by atoms with Crippen molar-refractivity contribution in [1.29, 1.82) is 0 Å². The molecule has 0 amide bonds. The molecule has 0 atom stereocenters. The summed E-state index contributed by atoms with van der Waals surface area (Å²) in [5.74, 6) is 0. The molecule has 0 fully saturated rings. The first-order chi connectivity index (χ1) is 6.36. The van der Waals surface area contributed by atoms with Crippen LogP contribution in [-0.4, -0.2) is 0 Å². The molecule has 5 heteroatoms. The summed E-state index contributed by atoms with van der Waals surface area (Å²) < 4.78 is 37.0. The Morgan fingerprint density at radius 1 is 1.14 bits per heavy atom. The molecule has 0 unspecified atom stereocenters. The molecule has 0 aromatic heterocycles. The zero-order valence-corrected chi connectivity index (χ0v) is 7.23. The Hall–Kier alpha value is -1.65. The van der Waals surface area contributed by atoms with Gasteiger partial charge in [0.15, 0.2) is 0 Å². The van der Waals surface area contributed by atoms with E-state index >= 15 is 0 Å². The zero-order valence-electron chi connectivity index (χ0n) is 7.23. The maximum absolute atomic E-state index is 12.3. The number of anilines is 2. The van der Waals surface area contributed by atoms with Gasteiger partial charge in [-0.25, -0.2) is 0 Å². The maximum atomic E-state index is 12.3. The van der Waals surface area contributed by atoms with Gasteiger partial charge in [-0.05, 0) is 17.7 Å². The highest BCUT2D eigenvalue weighted by Crippen LogP contribution is 2.36. The van der Waals surface area contributed by atoms with Crippen LogP contribution in [0, 0.1) is 0 Å². The van der Waals surface area contributed by atoms with Crippen LogP contribution in [0.4, 0.5) is 24.5 Å². The van der Waals surface area contributed by atoms with Crippen molar-refractivity contribution in [1.82, 2.24) is 0 Å². The van der Waals surface area contributed by atoms with E-state index in [4.69, 9.17) is 11.5 Å². The van der Waals surface area contributed by atoms with Crippen molar-refractivity contribution in [2.24, 2.45) is 0 Å². The van der Waals surface area contributed by atoms with Gasteiger partial charge in [0.05, 0.1) is 5.56 Å². The van der Waals surface area contributed by atoms with Gasteiger partial charge in [0.2, 0.25) is 0 Å². The number of nitrogen functional groups attached to an aromatic ring is 2. The van der Waals surface area contributed by atoms with E-state index in [2.05, 4.69) is 6.58 Å². The summed E-state index contributed by atoms with van der Waals surface area (Å²) in [4.78, 5) is 0. The van der Waals surface area contributed by atoms with Gasteiger partial charge in [-0.2, -0.15) is 13.2 Å². The minimum atomic E-state index is -4.46. The van der Waals surface area contributed by atoms with E-state index < -0.39 is 11.7 Å². The van der Waals surface area contributed by atoms with Crippen molar-refractivity contribution in [3.8, 4) is 0 Å². The Morgan fingerprint density at radius 2 is 1.71 bits per heavy atom. The Bertz CT molecular complexity index is 369. The Balaban J connectivity index is 3.39. The zero-order chi connectivity index (χ0) is 10.9. The number of hydrogen-bond donors (Lipinski definition) is 2. The molecule has 1 aromatic rings. The second kappa shape index (κ2) is 3.25. The number of hydrogen-bond acceptors (Lipinski definition) is 2. The Kier molecular flexibility index (Phi) is 2.42. The number of nitrogens with two attached hydrogens (primary N) is 2. The Labute approximate surface area is 79.0 Å². The molecule has 0 aliphatic carbocycles. The van der Waals surface area contributed by atoms with Crippen LogP contribution in [0.25, 0.3) is 6.08 Å². The minimum absolute atomic E-state index is 0.186. The normalized spacial score (nSPS) is 11.4. The molecular formula is C9H9F3N2. The molecule has 0 spiro atoms. The van der Waals surface area contributed by atoms with Crippen LogP contribution in [0.15, 0.2) is 18.7 Å². The number of benzene rings is 1. The highest BCUT2D eigenvalue weighted by atomic mass is 19.4. The van der Waals surface area contributed by atoms with Gasteiger partial charge in [-0.3, -0.25) is 0 Å². The molecule has 0 heterocycles. The maximum Gasteiger partial charge on any atom is 0.418 e. The van der Waals surface area contributed by atoms with Crippen molar-refractivity contribution in [3.05, 3.63) is 29.8 Å². The van der Waals surface area contributed by atoms with Crippen molar-refractivity contribution in [2.75, 3.05) is 11.5 Å². The molecule has 1 aromatic carbocycles. The monoisotopic (exact) mass is 202 g/mol. The number of halogens is 3. The highest BCUT2D eigenvalue weighted by Gasteiger charge is 2.33. The lowest BCUT2D eigenvalue weighted by molar-refractivity contribution is -0.136. The summed E-state index contributed by atoms with van der Waals surface area (Å²) in [5.41, 5.74) is 9.77. The first kappa shape index (κ1) is 10.4. The van der Waals surface area contributed by atoms with E-state index in [0.717, 1.165) is 12.1 Å². The smallest absolute Gasteiger partial charge is 0.398 e. The lowest BCUT2D eigenvalue weighted by Crippen LogP contribution is -2.10. The first-order valence-electron chi connectivity index (χ1n) is 3.75. The summed E-state index contributed by atoms with van der Waals surface area (Å²) in [7, 11) is 0. The largest absolute Gasteiger partial charge is 0.418 e. The van der Waals surface area contributed by atoms with Gasteiger partial charge in [0, 0.05) is 11.4 Å². The van der Waals surface area contributed by atoms with Crippen LogP contribution in [0.2, 0.25) is 0 Å². The standard InChI is InChI=1S/C9H9F3N2/c1-2-5-3-6(9(10,11)12)8(14)4-7(5)13/h2-4H,1,13-14H2. The lowest BCUT2D eigenvalue weighted by atomic mass is 10.1. The van der Waals surface area contributed by atoms with E-state index in [-0.39, 0.29) is 16.9 Å². The predicted molar refractivity (Wildman–Crippen MR) is 50.4 cm³/mol. The van der Waals surface area contributed by atoms with Crippen LogP contribution < -0.4 is 11.5 Å². The second-order valence-corrected chi connectivity index (χ2v) is 2.77. The fourth-order valence-electron chi connectivity index (χ4n) is 1.07. The number of alkyl halides is 3. The van der Waals surface area contributed by atoms with E-state index in [1.54, 1.807) is 0 Å². The molecule has 2 nitrogen and oxygen atoms in total. The lowest BCUT2D eigenvalue weighted by Gasteiger charge is -2.12. The van der Waals surface area contributed by atoms with E-state index in [1.165, 1.54) is 6.08 Å². The van der Waals surface area contributed by atoms with Crippen LogP contribution >= 0.6 is 0 Å². The molecular weight excluding hydrogens is 193 g/mol. The Morgan fingerprint density at radius 3 is 2.14 bits per heavy atom. The van der Waals surface area contributed by atoms with Crippen LogP contribution in [0.1, 0.15) is 11.1 Å². The van der Waals surface area contributed by atoms with Gasteiger partial charge in [-0.15, -0.1) is 0 Å². The topological polar surface area (TPSA) is 52.0 Å². The van der Waals surface area contributed by atoms with Gasteiger partial charge in [0.1, 0.15) is 0 Å². The molecule has 0 saturated heterocycles. The fourth-order valence-corrected chi connectivity index (χ4v) is 1.07. The predicted octanol–water partition coefficient (Wildman–Crippen LogP) is 2.51. The molecule has 0 radical (unpaired) electrons. The fraction of sp³-hybridized carbons (Fsp3) is 0.111. The van der Waals surface area contributed by atoms with Crippen molar-refractivity contribution in [3.63, 3.8) is 0 Å². The third-order valence-corrected chi connectivity index (χ3v) is 1.78. The van der Waals surface area contributed by atoms with Crippen LogP contribution in [0.3, 0.4) is 0 Å². The third kappa shape index (κ3) is 1.81.